The van der Waals surface area contributed by atoms with E-state index in [1.165, 1.54) is 29.1 Å². The Morgan fingerprint density at radius 3 is 2.56 bits per heavy atom. The third-order valence-electron chi connectivity index (χ3n) is 3.38. The van der Waals surface area contributed by atoms with Gasteiger partial charge in [0.1, 0.15) is 18.2 Å². The highest BCUT2D eigenvalue weighted by atomic mass is 19.1. The average molecular weight is 340 g/mol. The molecule has 0 bridgehead atoms. The molecular formula is C16H10F2N6O. The smallest absolute Gasteiger partial charge is 0.250 e. The van der Waals surface area contributed by atoms with Crippen molar-refractivity contribution in [2.24, 2.45) is 0 Å². The molecule has 0 spiro atoms. The van der Waals surface area contributed by atoms with Gasteiger partial charge in [0.2, 0.25) is 11.6 Å². The minimum Gasteiger partial charge on any atom is -0.337 e. The van der Waals surface area contributed by atoms with Crippen LogP contribution < -0.4 is 0 Å². The molecule has 0 aliphatic carbocycles. The highest BCUT2D eigenvalue weighted by Crippen LogP contribution is 2.17. The number of hydrogen-bond acceptors (Lipinski definition) is 6. The maximum atomic E-state index is 13.3. The summed E-state index contributed by atoms with van der Waals surface area (Å²) >= 11 is 0. The van der Waals surface area contributed by atoms with Crippen LogP contribution in [0.15, 0.2) is 53.1 Å². The lowest BCUT2D eigenvalue weighted by atomic mass is 10.2. The first kappa shape index (κ1) is 15.1. The zero-order valence-corrected chi connectivity index (χ0v) is 12.7. The fraction of sp³-hybridized carbons (Fsp3) is 0.0625. The Labute approximate surface area is 139 Å². The lowest BCUT2D eigenvalue weighted by Gasteiger charge is -1.94. The molecule has 4 aromatic rings. The van der Waals surface area contributed by atoms with Crippen molar-refractivity contribution >= 4 is 0 Å². The van der Waals surface area contributed by atoms with E-state index in [4.69, 9.17) is 4.52 Å². The first-order valence-electron chi connectivity index (χ1n) is 7.30. The van der Waals surface area contributed by atoms with Gasteiger partial charge in [-0.1, -0.05) is 17.3 Å². The Morgan fingerprint density at radius 1 is 0.920 bits per heavy atom. The fourth-order valence-electron chi connectivity index (χ4n) is 2.21. The molecular weight excluding hydrogens is 330 g/mol. The lowest BCUT2D eigenvalue weighted by Crippen LogP contribution is -2.04. The van der Waals surface area contributed by atoms with Crippen LogP contribution in [-0.2, 0) is 6.54 Å². The zero-order valence-electron chi connectivity index (χ0n) is 12.7. The van der Waals surface area contributed by atoms with Gasteiger partial charge in [-0.15, -0.1) is 10.2 Å². The molecule has 0 atom stereocenters. The lowest BCUT2D eigenvalue weighted by molar-refractivity contribution is 0.356. The second-order valence-corrected chi connectivity index (χ2v) is 5.17. The summed E-state index contributed by atoms with van der Waals surface area (Å²) in [6.07, 6.45) is 0. The molecule has 0 radical (unpaired) electrons. The van der Waals surface area contributed by atoms with E-state index < -0.39 is 0 Å². The molecule has 0 fully saturated rings. The van der Waals surface area contributed by atoms with Crippen LogP contribution in [0.4, 0.5) is 8.78 Å². The van der Waals surface area contributed by atoms with E-state index >= 15 is 0 Å². The number of hydrogen-bond donors (Lipinski definition) is 0. The van der Waals surface area contributed by atoms with Crippen LogP contribution in [0, 0.1) is 11.6 Å². The van der Waals surface area contributed by atoms with Crippen LogP contribution in [0.3, 0.4) is 0 Å². The van der Waals surface area contributed by atoms with E-state index in [1.807, 2.05) is 0 Å². The average Bonchev–Trinajstić information content (AvgIpc) is 3.26. The van der Waals surface area contributed by atoms with Gasteiger partial charge in [0.15, 0.2) is 0 Å². The molecule has 0 aliphatic heterocycles. The molecule has 2 aromatic heterocycles. The van der Waals surface area contributed by atoms with Crippen molar-refractivity contribution in [3.63, 3.8) is 0 Å². The van der Waals surface area contributed by atoms with E-state index in [0.29, 0.717) is 17.0 Å². The van der Waals surface area contributed by atoms with E-state index in [2.05, 4.69) is 25.6 Å². The minimum absolute atomic E-state index is 0.108. The number of aromatic nitrogens is 6. The standard InChI is InChI=1S/C16H10F2N6O/c17-12-6-4-10(5-7-12)15-19-14(25-22-15)9-24-21-16(20-23-24)11-2-1-3-13(18)8-11/h1-8H,9H2. The van der Waals surface area contributed by atoms with Gasteiger partial charge in [0.25, 0.3) is 5.89 Å². The molecule has 0 unspecified atom stereocenters. The summed E-state index contributed by atoms with van der Waals surface area (Å²) in [6, 6.07) is 11.6. The second-order valence-electron chi connectivity index (χ2n) is 5.17. The largest absolute Gasteiger partial charge is 0.337 e. The van der Waals surface area contributed by atoms with Crippen LogP contribution >= 0.6 is 0 Å². The molecule has 0 amide bonds. The van der Waals surface area contributed by atoms with E-state index in [-0.39, 0.29) is 29.9 Å². The van der Waals surface area contributed by atoms with Gasteiger partial charge in [0.05, 0.1) is 0 Å². The molecule has 0 aliphatic rings. The van der Waals surface area contributed by atoms with Gasteiger partial charge in [-0.2, -0.15) is 9.78 Å². The number of tetrazole rings is 1. The number of nitrogens with zero attached hydrogens (tertiary/aromatic N) is 6. The molecule has 0 saturated carbocycles. The summed E-state index contributed by atoms with van der Waals surface area (Å²) in [5.74, 6) is 0.166. The molecule has 2 heterocycles. The molecule has 9 heteroatoms. The van der Waals surface area contributed by atoms with Crippen molar-refractivity contribution < 1.29 is 13.3 Å². The first-order chi connectivity index (χ1) is 12.2. The van der Waals surface area contributed by atoms with Crippen molar-refractivity contribution in [2.45, 2.75) is 6.54 Å². The van der Waals surface area contributed by atoms with Crippen molar-refractivity contribution in [2.75, 3.05) is 0 Å². The molecule has 7 nitrogen and oxygen atoms in total. The van der Waals surface area contributed by atoms with Gasteiger partial charge in [-0.3, -0.25) is 0 Å². The van der Waals surface area contributed by atoms with Crippen molar-refractivity contribution in [1.82, 2.24) is 30.3 Å². The van der Waals surface area contributed by atoms with E-state index in [1.54, 1.807) is 24.3 Å². The first-order valence-corrected chi connectivity index (χ1v) is 7.30. The van der Waals surface area contributed by atoms with Gasteiger partial charge in [-0.05, 0) is 41.6 Å². The predicted octanol–water partition coefficient (Wildman–Crippen LogP) is 2.72. The van der Waals surface area contributed by atoms with E-state index in [0.717, 1.165) is 0 Å². The molecule has 25 heavy (non-hydrogen) atoms. The number of halogens is 2. The van der Waals surface area contributed by atoms with Crippen LogP contribution in [0.1, 0.15) is 5.89 Å². The summed E-state index contributed by atoms with van der Waals surface area (Å²) in [5.41, 5.74) is 1.15. The van der Waals surface area contributed by atoms with Gasteiger partial charge in [0, 0.05) is 11.1 Å². The highest BCUT2D eigenvalue weighted by molar-refractivity contribution is 5.54. The van der Waals surface area contributed by atoms with Gasteiger partial charge in [-0.25, -0.2) is 8.78 Å². The monoisotopic (exact) mass is 340 g/mol. The van der Waals surface area contributed by atoms with Crippen molar-refractivity contribution in [3.8, 4) is 22.8 Å². The topological polar surface area (TPSA) is 82.5 Å². The normalized spacial score (nSPS) is 11.0. The number of rotatable bonds is 4. The van der Waals surface area contributed by atoms with Crippen LogP contribution in [0.2, 0.25) is 0 Å². The summed E-state index contributed by atoms with van der Waals surface area (Å²) in [5, 5.41) is 15.8. The highest BCUT2D eigenvalue weighted by Gasteiger charge is 2.12. The van der Waals surface area contributed by atoms with Crippen LogP contribution in [0.25, 0.3) is 22.8 Å². The maximum Gasteiger partial charge on any atom is 0.250 e. The molecule has 124 valence electrons. The molecule has 2 aromatic carbocycles. The quantitative estimate of drug-likeness (QED) is 0.568. The Balaban J connectivity index is 1.52. The summed E-state index contributed by atoms with van der Waals surface area (Å²) in [4.78, 5) is 5.48. The molecule has 0 saturated heterocycles. The van der Waals surface area contributed by atoms with Crippen molar-refractivity contribution in [3.05, 3.63) is 66.1 Å². The third kappa shape index (κ3) is 3.25. The number of benzene rings is 2. The molecule has 4 rings (SSSR count). The third-order valence-corrected chi connectivity index (χ3v) is 3.38. The Bertz CT molecular complexity index is 1010. The molecule has 0 N–H and O–H groups in total. The summed E-state index contributed by atoms with van der Waals surface area (Å²) in [7, 11) is 0. The Kier molecular flexibility index (Phi) is 3.73. The van der Waals surface area contributed by atoms with E-state index in [9.17, 15) is 8.78 Å². The Morgan fingerprint density at radius 2 is 1.76 bits per heavy atom. The minimum atomic E-state index is -0.380. The zero-order chi connectivity index (χ0) is 17.2. The Hall–Kier alpha value is -3.49. The fourth-order valence-corrected chi connectivity index (χ4v) is 2.21. The second kappa shape index (κ2) is 6.19. The SMILES string of the molecule is Fc1ccc(-c2noc(Cn3nnc(-c4cccc(F)c4)n3)n2)cc1. The summed E-state index contributed by atoms with van der Waals surface area (Å²) < 4.78 is 31.3. The van der Waals surface area contributed by atoms with Gasteiger partial charge < -0.3 is 4.52 Å². The van der Waals surface area contributed by atoms with Crippen LogP contribution in [0.5, 0.6) is 0 Å². The maximum absolute atomic E-state index is 13.3. The van der Waals surface area contributed by atoms with Gasteiger partial charge >= 0.3 is 0 Å². The predicted molar refractivity (Wildman–Crippen MR) is 82.0 cm³/mol. The summed E-state index contributed by atoms with van der Waals surface area (Å²) in [6.45, 7) is 0.108. The van der Waals surface area contributed by atoms with Crippen LogP contribution in [-0.4, -0.2) is 30.3 Å². The van der Waals surface area contributed by atoms with Crippen molar-refractivity contribution in [1.29, 1.82) is 0 Å².